The number of furan rings is 1. The van der Waals surface area contributed by atoms with Crippen molar-refractivity contribution in [1.82, 2.24) is 4.72 Å². The van der Waals surface area contributed by atoms with Crippen LogP contribution in [0.3, 0.4) is 0 Å². The quantitative estimate of drug-likeness (QED) is 0.700. The zero-order chi connectivity index (χ0) is 14.5. The molecule has 0 aliphatic carbocycles. The standard InChI is InChI=1S/C10H17BrN2O5S/c1-16-6-8(17-2)5-13-19(14,15)9-3-7(4-12)18-10(9)11/h3,8,13H,4-6,12H2,1-2H3. The number of sulfonamides is 1. The second-order valence-electron chi connectivity index (χ2n) is 3.72. The molecule has 0 aliphatic heterocycles. The van der Waals surface area contributed by atoms with Gasteiger partial charge < -0.3 is 19.6 Å². The lowest BCUT2D eigenvalue weighted by Crippen LogP contribution is -2.35. The summed E-state index contributed by atoms with van der Waals surface area (Å²) in [4.78, 5) is 0.0141. The molecule has 1 heterocycles. The summed E-state index contributed by atoms with van der Waals surface area (Å²) in [6.45, 7) is 0.514. The molecule has 9 heteroatoms. The van der Waals surface area contributed by atoms with E-state index in [1.165, 1.54) is 20.3 Å². The van der Waals surface area contributed by atoms with Crippen LogP contribution in [-0.4, -0.2) is 41.9 Å². The summed E-state index contributed by atoms with van der Waals surface area (Å²) in [5.74, 6) is 0.382. The van der Waals surface area contributed by atoms with Crippen molar-refractivity contribution in [2.75, 3.05) is 27.4 Å². The average Bonchev–Trinajstić information content (AvgIpc) is 2.76. The molecule has 0 radical (unpaired) electrons. The summed E-state index contributed by atoms with van der Waals surface area (Å²) in [5, 5.41) is 0. The average molecular weight is 357 g/mol. The van der Waals surface area contributed by atoms with Crippen molar-refractivity contribution in [3.63, 3.8) is 0 Å². The summed E-state index contributed by atoms with van der Waals surface area (Å²) >= 11 is 3.05. The Morgan fingerprint density at radius 3 is 2.68 bits per heavy atom. The molecule has 0 aliphatic rings. The number of hydrogen-bond acceptors (Lipinski definition) is 6. The topological polar surface area (TPSA) is 104 Å². The fraction of sp³-hybridized carbons (Fsp3) is 0.600. The highest BCUT2D eigenvalue weighted by Crippen LogP contribution is 2.25. The molecule has 0 saturated heterocycles. The fourth-order valence-corrected chi connectivity index (χ4v) is 3.42. The third kappa shape index (κ3) is 4.55. The van der Waals surface area contributed by atoms with Crippen LogP contribution >= 0.6 is 15.9 Å². The smallest absolute Gasteiger partial charge is 0.245 e. The Hall–Kier alpha value is -0.450. The van der Waals surface area contributed by atoms with E-state index in [9.17, 15) is 8.42 Å². The van der Waals surface area contributed by atoms with Crippen molar-refractivity contribution in [2.24, 2.45) is 5.73 Å². The van der Waals surface area contributed by atoms with Crippen molar-refractivity contribution in [3.8, 4) is 0 Å². The lowest BCUT2D eigenvalue weighted by Gasteiger charge is -2.14. The van der Waals surface area contributed by atoms with E-state index in [-0.39, 0.29) is 28.8 Å². The molecule has 0 fully saturated rings. The first-order chi connectivity index (χ1) is 8.94. The van der Waals surface area contributed by atoms with Gasteiger partial charge in [0.05, 0.1) is 19.3 Å². The number of rotatable bonds is 8. The molecule has 1 atom stereocenters. The minimum absolute atomic E-state index is 0.0141. The summed E-state index contributed by atoms with van der Waals surface area (Å²) in [7, 11) is -0.686. The maximum absolute atomic E-state index is 12.1. The number of methoxy groups -OCH3 is 2. The number of halogens is 1. The van der Waals surface area contributed by atoms with Gasteiger partial charge in [0.25, 0.3) is 0 Å². The predicted octanol–water partition coefficient (Wildman–Crippen LogP) is 0.440. The summed E-state index contributed by atoms with van der Waals surface area (Å²) < 4.78 is 41.8. The molecule has 3 N–H and O–H groups in total. The second kappa shape index (κ2) is 7.36. The van der Waals surface area contributed by atoms with Gasteiger partial charge in [0.2, 0.25) is 10.0 Å². The van der Waals surface area contributed by atoms with E-state index in [1.807, 2.05) is 0 Å². The van der Waals surface area contributed by atoms with Gasteiger partial charge in [-0.25, -0.2) is 13.1 Å². The van der Waals surface area contributed by atoms with Crippen LogP contribution < -0.4 is 10.5 Å². The maximum atomic E-state index is 12.1. The van der Waals surface area contributed by atoms with E-state index in [0.717, 1.165) is 0 Å². The van der Waals surface area contributed by atoms with E-state index in [1.54, 1.807) is 0 Å². The van der Waals surface area contributed by atoms with Gasteiger partial charge in [0.15, 0.2) is 4.67 Å². The van der Waals surface area contributed by atoms with Crippen molar-refractivity contribution >= 4 is 26.0 Å². The number of hydrogen-bond donors (Lipinski definition) is 2. The molecule has 0 saturated carbocycles. The zero-order valence-corrected chi connectivity index (χ0v) is 13.1. The molecular formula is C10H17BrN2O5S. The van der Waals surface area contributed by atoms with Gasteiger partial charge in [-0.15, -0.1) is 0 Å². The molecule has 110 valence electrons. The summed E-state index contributed by atoms with van der Waals surface area (Å²) in [5.41, 5.74) is 5.39. The highest BCUT2D eigenvalue weighted by atomic mass is 79.9. The van der Waals surface area contributed by atoms with E-state index in [2.05, 4.69) is 20.7 Å². The summed E-state index contributed by atoms with van der Waals surface area (Å²) in [6, 6.07) is 1.38. The third-order valence-corrected chi connectivity index (χ3v) is 4.66. The molecule has 1 aromatic heterocycles. The van der Waals surface area contributed by atoms with Gasteiger partial charge in [0.1, 0.15) is 10.7 Å². The zero-order valence-electron chi connectivity index (χ0n) is 10.7. The number of nitrogens with one attached hydrogen (secondary N) is 1. The van der Waals surface area contributed by atoms with Crippen molar-refractivity contribution in [3.05, 3.63) is 16.5 Å². The molecule has 0 amide bonds. The Bertz CT molecular complexity index is 502. The number of nitrogens with two attached hydrogens (primary N) is 1. The Morgan fingerprint density at radius 1 is 1.53 bits per heavy atom. The molecule has 7 nitrogen and oxygen atoms in total. The SMILES string of the molecule is COCC(CNS(=O)(=O)c1cc(CN)oc1Br)OC. The van der Waals surface area contributed by atoms with Crippen LogP contribution in [0.1, 0.15) is 5.76 Å². The van der Waals surface area contributed by atoms with E-state index in [0.29, 0.717) is 12.4 Å². The Balaban J connectivity index is 2.77. The Morgan fingerprint density at radius 2 is 2.21 bits per heavy atom. The molecule has 1 rings (SSSR count). The third-order valence-electron chi connectivity index (χ3n) is 2.38. The Kier molecular flexibility index (Phi) is 6.43. The minimum atomic E-state index is -3.69. The molecule has 19 heavy (non-hydrogen) atoms. The van der Waals surface area contributed by atoms with Gasteiger partial charge in [0, 0.05) is 26.8 Å². The van der Waals surface area contributed by atoms with E-state index < -0.39 is 10.0 Å². The molecular weight excluding hydrogens is 340 g/mol. The van der Waals surface area contributed by atoms with Crippen LogP contribution in [0.25, 0.3) is 0 Å². The highest BCUT2D eigenvalue weighted by Gasteiger charge is 2.23. The van der Waals surface area contributed by atoms with Gasteiger partial charge in [-0.2, -0.15) is 0 Å². The molecule has 0 bridgehead atoms. The summed E-state index contributed by atoms with van der Waals surface area (Å²) in [6.07, 6.45) is -0.362. The lowest BCUT2D eigenvalue weighted by molar-refractivity contribution is 0.0320. The highest BCUT2D eigenvalue weighted by molar-refractivity contribution is 9.10. The van der Waals surface area contributed by atoms with Crippen LogP contribution in [0.5, 0.6) is 0 Å². The first-order valence-electron chi connectivity index (χ1n) is 5.44. The van der Waals surface area contributed by atoms with E-state index in [4.69, 9.17) is 19.6 Å². The monoisotopic (exact) mass is 356 g/mol. The van der Waals surface area contributed by atoms with Crippen LogP contribution in [0.4, 0.5) is 0 Å². The minimum Gasteiger partial charge on any atom is -0.452 e. The van der Waals surface area contributed by atoms with Gasteiger partial charge in [-0.1, -0.05) is 0 Å². The van der Waals surface area contributed by atoms with Crippen LogP contribution in [0, 0.1) is 0 Å². The van der Waals surface area contributed by atoms with Crippen molar-refractivity contribution in [2.45, 2.75) is 17.5 Å². The van der Waals surface area contributed by atoms with Gasteiger partial charge >= 0.3 is 0 Å². The van der Waals surface area contributed by atoms with Crippen LogP contribution in [0.15, 0.2) is 20.0 Å². The largest absolute Gasteiger partial charge is 0.452 e. The number of ether oxygens (including phenoxy) is 2. The van der Waals surface area contributed by atoms with Crippen molar-refractivity contribution in [1.29, 1.82) is 0 Å². The lowest BCUT2D eigenvalue weighted by atomic mass is 10.4. The maximum Gasteiger partial charge on any atom is 0.245 e. The Labute approximate surface area is 120 Å². The molecule has 1 aromatic rings. The van der Waals surface area contributed by atoms with Gasteiger partial charge in [-0.3, -0.25) is 0 Å². The first-order valence-corrected chi connectivity index (χ1v) is 7.72. The van der Waals surface area contributed by atoms with Gasteiger partial charge in [-0.05, 0) is 15.9 Å². The fourth-order valence-electron chi connectivity index (χ4n) is 1.36. The second-order valence-corrected chi connectivity index (χ2v) is 6.18. The molecule has 0 aromatic carbocycles. The van der Waals surface area contributed by atoms with Crippen LogP contribution in [-0.2, 0) is 26.0 Å². The first kappa shape index (κ1) is 16.6. The molecule has 0 spiro atoms. The van der Waals surface area contributed by atoms with E-state index >= 15 is 0 Å². The van der Waals surface area contributed by atoms with Crippen molar-refractivity contribution < 1.29 is 22.3 Å². The van der Waals surface area contributed by atoms with Crippen LogP contribution in [0.2, 0.25) is 0 Å². The molecule has 1 unspecified atom stereocenters. The normalized spacial score (nSPS) is 13.7. The predicted molar refractivity (Wildman–Crippen MR) is 72.2 cm³/mol.